The molecule has 0 atom stereocenters. The molecule has 164 valence electrons. The quantitative estimate of drug-likeness (QED) is 0.493. The van der Waals surface area contributed by atoms with E-state index in [4.69, 9.17) is 16.3 Å². The second kappa shape index (κ2) is 11.8. The van der Waals surface area contributed by atoms with Crippen molar-refractivity contribution in [1.82, 2.24) is 5.32 Å². The molecular formula is C22H29ClN2O4S. The van der Waals surface area contributed by atoms with Crippen LogP contribution in [0, 0.1) is 0 Å². The number of rotatable bonds is 12. The van der Waals surface area contributed by atoms with Gasteiger partial charge in [-0.05, 0) is 54.8 Å². The normalized spacial score (nSPS) is 11.2. The average Bonchev–Trinajstić information content (AvgIpc) is 2.70. The Morgan fingerprint density at radius 2 is 1.77 bits per heavy atom. The van der Waals surface area contributed by atoms with Crippen molar-refractivity contribution in [3.63, 3.8) is 0 Å². The molecule has 0 fully saturated rings. The van der Waals surface area contributed by atoms with E-state index in [1.807, 2.05) is 24.3 Å². The Bertz CT molecular complexity index is 900. The summed E-state index contributed by atoms with van der Waals surface area (Å²) in [5.74, 6) is 0.636. The highest BCUT2D eigenvalue weighted by atomic mass is 35.5. The maximum atomic E-state index is 12.1. The number of benzene rings is 2. The zero-order chi connectivity index (χ0) is 22.0. The number of nitrogens with one attached hydrogen (secondary N) is 1. The smallest absolute Gasteiger partial charge is 0.232 e. The van der Waals surface area contributed by atoms with Gasteiger partial charge in [0.1, 0.15) is 12.4 Å². The molecule has 1 amide bonds. The second-order valence-electron chi connectivity index (χ2n) is 7.01. The number of carbonyl (C=O) groups is 1. The summed E-state index contributed by atoms with van der Waals surface area (Å²) in [5.41, 5.74) is 1.81. The minimum Gasteiger partial charge on any atom is -0.492 e. The van der Waals surface area contributed by atoms with Crippen LogP contribution in [0.3, 0.4) is 0 Å². The van der Waals surface area contributed by atoms with E-state index in [-0.39, 0.29) is 18.9 Å². The Balaban J connectivity index is 1.71. The van der Waals surface area contributed by atoms with Gasteiger partial charge in [-0.3, -0.25) is 9.10 Å². The van der Waals surface area contributed by atoms with Gasteiger partial charge in [0, 0.05) is 18.0 Å². The highest BCUT2D eigenvalue weighted by Gasteiger charge is 2.17. The molecule has 8 heteroatoms. The SMILES string of the molecule is CCCc1ccc(OCCNC(=O)CCCN(c2ccc(Cl)cc2)S(C)(=O)=O)cc1. The van der Waals surface area contributed by atoms with E-state index < -0.39 is 10.0 Å². The fraction of sp³-hybridized carbons (Fsp3) is 0.409. The molecule has 0 aliphatic rings. The van der Waals surface area contributed by atoms with E-state index in [9.17, 15) is 13.2 Å². The number of amides is 1. The Morgan fingerprint density at radius 3 is 2.37 bits per heavy atom. The molecule has 0 spiro atoms. The van der Waals surface area contributed by atoms with Crippen molar-refractivity contribution in [2.75, 3.05) is 30.3 Å². The topological polar surface area (TPSA) is 75.7 Å². The summed E-state index contributed by atoms with van der Waals surface area (Å²) in [4.78, 5) is 12.0. The number of ether oxygens (including phenoxy) is 1. The highest BCUT2D eigenvalue weighted by molar-refractivity contribution is 7.92. The van der Waals surface area contributed by atoms with Crippen molar-refractivity contribution < 1.29 is 17.9 Å². The summed E-state index contributed by atoms with van der Waals surface area (Å²) >= 11 is 5.86. The first-order valence-electron chi connectivity index (χ1n) is 10.0. The number of hydrogen-bond donors (Lipinski definition) is 1. The molecule has 2 rings (SSSR count). The minimum atomic E-state index is -3.45. The molecule has 1 N–H and O–H groups in total. The second-order valence-corrected chi connectivity index (χ2v) is 9.35. The van der Waals surface area contributed by atoms with Crippen LogP contribution in [-0.2, 0) is 21.2 Å². The molecule has 30 heavy (non-hydrogen) atoms. The number of anilines is 1. The molecular weight excluding hydrogens is 424 g/mol. The average molecular weight is 453 g/mol. The molecule has 0 unspecified atom stereocenters. The maximum absolute atomic E-state index is 12.1. The van der Waals surface area contributed by atoms with Crippen molar-refractivity contribution in [2.24, 2.45) is 0 Å². The molecule has 0 saturated carbocycles. The van der Waals surface area contributed by atoms with E-state index in [0.717, 1.165) is 24.8 Å². The summed E-state index contributed by atoms with van der Waals surface area (Å²) in [6, 6.07) is 14.5. The lowest BCUT2D eigenvalue weighted by atomic mass is 10.1. The monoisotopic (exact) mass is 452 g/mol. The van der Waals surface area contributed by atoms with E-state index in [0.29, 0.717) is 30.3 Å². The van der Waals surface area contributed by atoms with Crippen LogP contribution < -0.4 is 14.4 Å². The lowest BCUT2D eigenvalue weighted by molar-refractivity contribution is -0.121. The Labute approximate surface area is 184 Å². The van der Waals surface area contributed by atoms with Crippen LogP contribution in [0.15, 0.2) is 48.5 Å². The largest absolute Gasteiger partial charge is 0.492 e. The first kappa shape index (κ1) is 24.0. The zero-order valence-electron chi connectivity index (χ0n) is 17.4. The lowest BCUT2D eigenvalue weighted by Crippen LogP contribution is -2.32. The number of carbonyl (C=O) groups excluding carboxylic acids is 1. The molecule has 2 aromatic carbocycles. The van der Waals surface area contributed by atoms with E-state index >= 15 is 0 Å². The molecule has 0 radical (unpaired) electrons. The summed E-state index contributed by atoms with van der Waals surface area (Å²) in [7, 11) is -3.45. The van der Waals surface area contributed by atoms with Gasteiger partial charge in [-0.1, -0.05) is 37.1 Å². The Kier molecular flexibility index (Phi) is 9.46. The third-order valence-electron chi connectivity index (χ3n) is 4.43. The number of aryl methyl sites for hydroxylation is 1. The third kappa shape index (κ3) is 8.24. The van der Waals surface area contributed by atoms with Crippen LogP contribution in [0.25, 0.3) is 0 Å². The van der Waals surface area contributed by atoms with Gasteiger partial charge in [0.15, 0.2) is 0 Å². The first-order valence-corrected chi connectivity index (χ1v) is 12.2. The Morgan fingerprint density at radius 1 is 1.10 bits per heavy atom. The first-order chi connectivity index (χ1) is 14.3. The lowest BCUT2D eigenvalue weighted by Gasteiger charge is -2.22. The molecule has 0 aliphatic carbocycles. The van der Waals surface area contributed by atoms with Crippen LogP contribution in [0.5, 0.6) is 5.75 Å². The number of sulfonamides is 1. The van der Waals surface area contributed by atoms with E-state index in [1.54, 1.807) is 24.3 Å². The standard InChI is InChI=1S/C22H29ClN2O4S/c1-3-5-18-7-13-21(14-8-18)29-17-15-24-22(26)6-4-16-25(30(2,27)28)20-11-9-19(23)10-12-20/h7-14H,3-6,15-17H2,1-2H3,(H,24,26). The van der Waals surface area contributed by atoms with Gasteiger partial charge >= 0.3 is 0 Å². The third-order valence-corrected chi connectivity index (χ3v) is 5.88. The van der Waals surface area contributed by atoms with Crippen molar-refractivity contribution in [2.45, 2.75) is 32.6 Å². The zero-order valence-corrected chi connectivity index (χ0v) is 19.0. The summed E-state index contributed by atoms with van der Waals surface area (Å²) in [5, 5.41) is 3.33. The van der Waals surface area contributed by atoms with Crippen LogP contribution in [0.1, 0.15) is 31.7 Å². The van der Waals surface area contributed by atoms with Gasteiger partial charge in [-0.2, -0.15) is 0 Å². The number of nitrogens with zero attached hydrogens (tertiary/aromatic N) is 1. The minimum absolute atomic E-state index is 0.138. The highest BCUT2D eigenvalue weighted by Crippen LogP contribution is 2.21. The summed E-state index contributed by atoms with van der Waals surface area (Å²) in [6.07, 6.45) is 3.93. The fourth-order valence-corrected chi connectivity index (χ4v) is 4.06. The fourth-order valence-electron chi connectivity index (χ4n) is 2.97. The summed E-state index contributed by atoms with van der Waals surface area (Å²) in [6.45, 7) is 3.12. The summed E-state index contributed by atoms with van der Waals surface area (Å²) < 4.78 is 31.1. The number of halogens is 1. The predicted octanol–water partition coefficient (Wildman–Crippen LogP) is 4.03. The van der Waals surface area contributed by atoms with E-state index in [2.05, 4.69) is 12.2 Å². The van der Waals surface area contributed by atoms with Crippen LogP contribution in [0.2, 0.25) is 5.02 Å². The van der Waals surface area contributed by atoms with Gasteiger partial charge < -0.3 is 10.1 Å². The van der Waals surface area contributed by atoms with Crippen molar-refractivity contribution in [1.29, 1.82) is 0 Å². The van der Waals surface area contributed by atoms with Gasteiger partial charge in [0.2, 0.25) is 15.9 Å². The molecule has 0 heterocycles. The Hall–Kier alpha value is -2.25. The predicted molar refractivity (Wildman–Crippen MR) is 122 cm³/mol. The molecule has 0 aromatic heterocycles. The van der Waals surface area contributed by atoms with Crippen LogP contribution >= 0.6 is 11.6 Å². The van der Waals surface area contributed by atoms with Crippen molar-refractivity contribution in [3.8, 4) is 5.75 Å². The van der Waals surface area contributed by atoms with Crippen molar-refractivity contribution in [3.05, 3.63) is 59.1 Å². The van der Waals surface area contributed by atoms with E-state index in [1.165, 1.54) is 9.87 Å². The van der Waals surface area contributed by atoms with Crippen molar-refractivity contribution >= 4 is 33.2 Å². The molecule has 0 bridgehead atoms. The van der Waals surface area contributed by atoms with Gasteiger partial charge in [0.25, 0.3) is 0 Å². The number of hydrogen-bond acceptors (Lipinski definition) is 4. The molecule has 0 aliphatic heterocycles. The molecule has 6 nitrogen and oxygen atoms in total. The van der Waals surface area contributed by atoms with Gasteiger partial charge in [-0.15, -0.1) is 0 Å². The molecule has 2 aromatic rings. The van der Waals surface area contributed by atoms with Gasteiger partial charge in [0.05, 0.1) is 18.5 Å². The van der Waals surface area contributed by atoms with Crippen LogP contribution in [0.4, 0.5) is 5.69 Å². The van der Waals surface area contributed by atoms with Gasteiger partial charge in [-0.25, -0.2) is 8.42 Å². The maximum Gasteiger partial charge on any atom is 0.232 e. The van der Waals surface area contributed by atoms with Crippen LogP contribution in [-0.4, -0.2) is 40.3 Å². The molecule has 0 saturated heterocycles.